The van der Waals surface area contributed by atoms with Gasteiger partial charge in [0.05, 0.1) is 24.8 Å². The summed E-state index contributed by atoms with van der Waals surface area (Å²) < 4.78 is 7.94. The van der Waals surface area contributed by atoms with Gasteiger partial charge in [-0.3, -0.25) is 4.79 Å². The Morgan fingerprint density at radius 3 is 2.95 bits per heavy atom. The highest BCUT2D eigenvalue weighted by Crippen LogP contribution is 2.29. The minimum Gasteiger partial charge on any atom is -0.365 e. The van der Waals surface area contributed by atoms with Crippen LogP contribution in [0.2, 0.25) is 0 Å². The van der Waals surface area contributed by atoms with Gasteiger partial charge in [0.2, 0.25) is 0 Å². The number of ketones is 1. The molecule has 1 atom stereocenters. The van der Waals surface area contributed by atoms with Crippen molar-refractivity contribution >= 4 is 5.78 Å². The van der Waals surface area contributed by atoms with Crippen molar-refractivity contribution in [2.24, 2.45) is 0 Å². The summed E-state index contributed by atoms with van der Waals surface area (Å²) in [5.41, 5.74) is 2.89. The van der Waals surface area contributed by atoms with Crippen LogP contribution in [-0.4, -0.2) is 21.9 Å². The third kappa shape index (κ3) is 2.19. The summed E-state index contributed by atoms with van der Waals surface area (Å²) in [5, 5.41) is 0. The Balaban J connectivity index is 1.90. The molecular formula is C15H16N2O2. The van der Waals surface area contributed by atoms with Crippen molar-refractivity contribution in [3.63, 3.8) is 0 Å². The lowest BCUT2D eigenvalue weighted by molar-refractivity contribution is 0.0465. The van der Waals surface area contributed by atoms with E-state index in [0.717, 1.165) is 23.4 Å². The monoisotopic (exact) mass is 256 g/mol. The number of aromatic nitrogens is 2. The number of carbonyl (C=O) groups excluding carboxylic acids is 1. The van der Waals surface area contributed by atoms with Gasteiger partial charge in [0.1, 0.15) is 6.10 Å². The average molecular weight is 256 g/mol. The van der Waals surface area contributed by atoms with Crippen LogP contribution in [0.3, 0.4) is 0 Å². The van der Waals surface area contributed by atoms with Gasteiger partial charge in [0.15, 0.2) is 5.78 Å². The number of carbonyl (C=O) groups is 1. The number of ether oxygens (including phenoxy) is 1. The topological polar surface area (TPSA) is 44.1 Å². The van der Waals surface area contributed by atoms with Gasteiger partial charge in [-0.05, 0) is 5.56 Å². The average Bonchev–Trinajstić information content (AvgIpc) is 2.95. The van der Waals surface area contributed by atoms with Crippen molar-refractivity contribution in [2.45, 2.75) is 26.0 Å². The molecule has 4 heteroatoms. The van der Waals surface area contributed by atoms with Gasteiger partial charge in [-0.2, -0.15) is 0 Å². The summed E-state index contributed by atoms with van der Waals surface area (Å²) in [6.07, 6.45) is 4.13. The molecule has 1 aliphatic heterocycles. The Hall–Kier alpha value is -1.94. The van der Waals surface area contributed by atoms with E-state index in [9.17, 15) is 4.79 Å². The molecule has 2 heterocycles. The molecule has 3 rings (SSSR count). The summed E-state index contributed by atoms with van der Waals surface area (Å²) in [6, 6.07) is 7.69. The van der Waals surface area contributed by atoms with E-state index in [4.69, 9.17) is 4.74 Å². The van der Waals surface area contributed by atoms with Crippen LogP contribution in [0.25, 0.3) is 0 Å². The molecule has 4 nitrogen and oxygen atoms in total. The second kappa shape index (κ2) is 4.97. The molecule has 1 aromatic carbocycles. The number of hydrogen-bond acceptors (Lipinski definition) is 3. The van der Waals surface area contributed by atoms with Gasteiger partial charge >= 0.3 is 0 Å². The lowest BCUT2D eigenvalue weighted by Crippen LogP contribution is -2.21. The molecule has 1 aromatic heterocycles. The zero-order valence-electron chi connectivity index (χ0n) is 10.9. The first-order chi connectivity index (χ1) is 9.29. The lowest BCUT2D eigenvalue weighted by Gasteiger charge is -2.25. The van der Waals surface area contributed by atoms with Crippen molar-refractivity contribution in [3.05, 3.63) is 53.6 Å². The molecule has 0 bridgehead atoms. The highest BCUT2D eigenvalue weighted by Gasteiger charge is 2.22. The summed E-state index contributed by atoms with van der Waals surface area (Å²) in [6.45, 7) is 3.40. The number of hydrogen-bond donors (Lipinski definition) is 0. The van der Waals surface area contributed by atoms with Gasteiger partial charge in [-0.15, -0.1) is 0 Å². The Kier molecular flexibility index (Phi) is 3.17. The zero-order valence-corrected chi connectivity index (χ0v) is 10.9. The molecule has 0 N–H and O–H groups in total. The Morgan fingerprint density at radius 1 is 1.42 bits per heavy atom. The maximum atomic E-state index is 11.6. The first-order valence-corrected chi connectivity index (χ1v) is 6.54. The van der Waals surface area contributed by atoms with Crippen LogP contribution in [0.1, 0.15) is 41.1 Å². The standard InChI is InChI=1S/C15H16N2O2/c1-2-14(18)11-3-5-12(6-4-11)15-13-9-16-10-17(13)7-8-19-15/h3-6,9-10,15H,2,7-8H2,1H3. The third-order valence-electron chi connectivity index (χ3n) is 3.49. The molecule has 0 saturated carbocycles. The maximum absolute atomic E-state index is 11.6. The SMILES string of the molecule is CCC(=O)c1ccc(C2OCCn3cncc32)cc1. The fourth-order valence-electron chi connectivity index (χ4n) is 2.41. The number of fused-ring (bicyclic) bond motifs is 1. The van der Waals surface area contributed by atoms with Crippen LogP contribution in [0.15, 0.2) is 36.8 Å². The normalized spacial score (nSPS) is 18.1. The fraction of sp³-hybridized carbons (Fsp3) is 0.333. The zero-order chi connectivity index (χ0) is 13.2. The van der Waals surface area contributed by atoms with E-state index < -0.39 is 0 Å². The number of rotatable bonds is 3. The minimum absolute atomic E-state index is 0.0815. The molecule has 0 aliphatic carbocycles. The van der Waals surface area contributed by atoms with Crippen molar-refractivity contribution in [1.29, 1.82) is 0 Å². The predicted molar refractivity (Wildman–Crippen MR) is 71.1 cm³/mol. The van der Waals surface area contributed by atoms with E-state index in [1.165, 1.54) is 0 Å². The van der Waals surface area contributed by atoms with Gasteiger partial charge < -0.3 is 9.30 Å². The lowest BCUT2D eigenvalue weighted by atomic mass is 10.0. The van der Waals surface area contributed by atoms with Crippen LogP contribution in [-0.2, 0) is 11.3 Å². The number of Topliss-reactive ketones (excluding diaryl/α,β-unsaturated/α-hetero) is 1. The van der Waals surface area contributed by atoms with Gasteiger partial charge in [-0.1, -0.05) is 31.2 Å². The van der Waals surface area contributed by atoms with E-state index >= 15 is 0 Å². The highest BCUT2D eigenvalue weighted by atomic mass is 16.5. The van der Waals surface area contributed by atoms with E-state index in [2.05, 4.69) is 9.55 Å². The largest absolute Gasteiger partial charge is 0.365 e. The number of nitrogens with zero attached hydrogens (tertiary/aromatic N) is 2. The van der Waals surface area contributed by atoms with E-state index in [1.807, 2.05) is 43.7 Å². The van der Waals surface area contributed by atoms with Crippen LogP contribution in [0, 0.1) is 0 Å². The fourth-order valence-corrected chi connectivity index (χ4v) is 2.41. The summed E-state index contributed by atoms with van der Waals surface area (Å²) in [5.74, 6) is 0.168. The van der Waals surface area contributed by atoms with Gasteiger partial charge in [0, 0.05) is 18.5 Å². The molecular weight excluding hydrogens is 240 g/mol. The van der Waals surface area contributed by atoms with Gasteiger partial charge in [-0.25, -0.2) is 4.98 Å². The van der Waals surface area contributed by atoms with Crippen molar-refractivity contribution in [3.8, 4) is 0 Å². The number of imidazole rings is 1. The molecule has 2 aromatic rings. The molecule has 0 fully saturated rings. The van der Waals surface area contributed by atoms with Crippen LogP contribution in [0.5, 0.6) is 0 Å². The van der Waals surface area contributed by atoms with Crippen LogP contribution < -0.4 is 0 Å². The molecule has 98 valence electrons. The number of benzene rings is 1. The molecule has 1 aliphatic rings. The molecule has 0 radical (unpaired) electrons. The first-order valence-electron chi connectivity index (χ1n) is 6.54. The molecule has 0 spiro atoms. The summed E-state index contributed by atoms with van der Waals surface area (Å²) >= 11 is 0. The van der Waals surface area contributed by atoms with Crippen LogP contribution >= 0.6 is 0 Å². The molecule has 0 saturated heterocycles. The van der Waals surface area contributed by atoms with Crippen LogP contribution in [0.4, 0.5) is 0 Å². The summed E-state index contributed by atoms with van der Waals surface area (Å²) in [4.78, 5) is 15.8. The second-order valence-corrected chi connectivity index (χ2v) is 4.66. The Bertz CT molecular complexity index is 586. The molecule has 19 heavy (non-hydrogen) atoms. The Labute approximate surface area is 112 Å². The quantitative estimate of drug-likeness (QED) is 0.793. The van der Waals surface area contributed by atoms with Crippen molar-refractivity contribution in [1.82, 2.24) is 9.55 Å². The third-order valence-corrected chi connectivity index (χ3v) is 3.49. The summed E-state index contributed by atoms with van der Waals surface area (Å²) in [7, 11) is 0. The van der Waals surface area contributed by atoms with Crippen molar-refractivity contribution in [2.75, 3.05) is 6.61 Å². The van der Waals surface area contributed by atoms with E-state index in [1.54, 1.807) is 0 Å². The minimum atomic E-state index is -0.0815. The van der Waals surface area contributed by atoms with E-state index in [0.29, 0.717) is 13.0 Å². The van der Waals surface area contributed by atoms with E-state index in [-0.39, 0.29) is 11.9 Å². The van der Waals surface area contributed by atoms with Gasteiger partial charge in [0.25, 0.3) is 0 Å². The second-order valence-electron chi connectivity index (χ2n) is 4.66. The first kappa shape index (κ1) is 12.1. The predicted octanol–water partition coefficient (Wildman–Crippen LogP) is 2.60. The molecule has 1 unspecified atom stereocenters. The van der Waals surface area contributed by atoms with Crippen molar-refractivity contribution < 1.29 is 9.53 Å². The highest BCUT2D eigenvalue weighted by molar-refractivity contribution is 5.95. The smallest absolute Gasteiger partial charge is 0.162 e. The maximum Gasteiger partial charge on any atom is 0.162 e. The Morgan fingerprint density at radius 2 is 2.21 bits per heavy atom. The molecule has 0 amide bonds.